The zero-order valence-corrected chi connectivity index (χ0v) is 18.9. The van der Waals surface area contributed by atoms with Crippen molar-refractivity contribution in [2.75, 3.05) is 11.1 Å². The molecule has 31 heavy (non-hydrogen) atoms. The molecule has 0 saturated heterocycles. The Morgan fingerprint density at radius 2 is 2.10 bits per heavy atom. The number of alkyl halides is 3. The van der Waals surface area contributed by atoms with Gasteiger partial charge in [0.2, 0.25) is 5.91 Å². The van der Waals surface area contributed by atoms with Crippen molar-refractivity contribution in [1.29, 1.82) is 0 Å². The molecular formula is C20H17ClF3N3O2S2. The van der Waals surface area contributed by atoms with Gasteiger partial charge in [-0.25, -0.2) is 4.98 Å². The van der Waals surface area contributed by atoms with Crippen LogP contribution < -0.4 is 10.9 Å². The molecule has 0 atom stereocenters. The molecule has 2 aromatic heterocycles. The largest absolute Gasteiger partial charge is 0.417 e. The second kappa shape index (κ2) is 9.05. The van der Waals surface area contributed by atoms with Gasteiger partial charge < -0.3 is 5.32 Å². The molecule has 0 aliphatic heterocycles. The summed E-state index contributed by atoms with van der Waals surface area (Å²) in [6, 6.07) is 3.14. The number of aryl methyl sites for hydroxylation is 2. The molecule has 0 aliphatic carbocycles. The van der Waals surface area contributed by atoms with Crippen LogP contribution in [0.2, 0.25) is 5.02 Å². The minimum Gasteiger partial charge on any atom is -0.325 e. The van der Waals surface area contributed by atoms with Gasteiger partial charge in [0.05, 0.1) is 21.7 Å². The molecule has 0 saturated carbocycles. The van der Waals surface area contributed by atoms with Crippen molar-refractivity contribution in [3.8, 4) is 0 Å². The lowest BCUT2D eigenvalue weighted by atomic mass is 10.2. The van der Waals surface area contributed by atoms with Crippen molar-refractivity contribution in [3.05, 3.63) is 62.2 Å². The highest BCUT2D eigenvalue weighted by molar-refractivity contribution is 7.99. The number of thiophene rings is 1. The molecule has 0 bridgehead atoms. The summed E-state index contributed by atoms with van der Waals surface area (Å²) in [7, 11) is 0. The summed E-state index contributed by atoms with van der Waals surface area (Å²) in [6.07, 6.45) is -3.08. The average molecular weight is 488 g/mol. The number of allylic oxidation sites excluding steroid dienone is 1. The summed E-state index contributed by atoms with van der Waals surface area (Å²) < 4.78 is 40.4. The molecule has 1 aromatic carbocycles. The zero-order chi connectivity index (χ0) is 22.9. The molecule has 1 N–H and O–H groups in total. The number of nitrogens with one attached hydrogen (secondary N) is 1. The van der Waals surface area contributed by atoms with Crippen LogP contribution in [0.25, 0.3) is 10.2 Å². The minimum atomic E-state index is -4.64. The molecule has 11 heteroatoms. The average Bonchev–Trinajstić information content (AvgIpc) is 2.97. The zero-order valence-electron chi connectivity index (χ0n) is 16.5. The van der Waals surface area contributed by atoms with Gasteiger partial charge in [0.1, 0.15) is 4.83 Å². The molecule has 0 radical (unpaired) electrons. The predicted octanol–water partition coefficient (Wildman–Crippen LogP) is 5.66. The summed E-state index contributed by atoms with van der Waals surface area (Å²) in [5, 5.41) is 2.84. The first kappa shape index (κ1) is 23.4. The van der Waals surface area contributed by atoms with Crippen LogP contribution in [0.3, 0.4) is 0 Å². The summed E-state index contributed by atoms with van der Waals surface area (Å²) in [4.78, 5) is 31.3. The van der Waals surface area contributed by atoms with Gasteiger partial charge in [-0.15, -0.1) is 17.9 Å². The van der Waals surface area contributed by atoms with E-state index in [-0.39, 0.29) is 23.5 Å². The van der Waals surface area contributed by atoms with E-state index < -0.39 is 22.7 Å². The lowest BCUT2D eigenvalue weighted by Gasteiger charge is -2.12. The van der Waals surface area contributed by atoms with Crippen LogP contribution in [0.4, 0.5) is 18.9 Å². The van der Waals surface area contributed by atoms with E-state index in [9.17, 15) is 22.8 Å². The SMILES string of the molecule is C=CCn1c(SCC(=O)Nc2ccc(Cl)c(C(F)(F)F)c2)nc2sc(C)c(C)c2c1=O. The molecule has 1 amide bonds. The monoisotopic (exact) mass is 487 g/mol. The normalized spacial score (nSPS) is 11.7. The van der Waals surface area contributed by atoms with Gasteiger partial charge in [0.15, 0.2) is 5.16 Å². The fraction of sp³-hybridized carbons (Fsp3) is 0.250. The topological polar surface area (TPSA) is 64.0 Å². The van der Waals surface area contributed by atoms with Crippen LogP contribution in [0.5, 0.6) is 0 Å². The third-order valence-electron chi connectivity index (χ3n) is 4.45. The van der Waals surface area contributed by atoms with Crippen molar-refractivity contribution in [3.63, 3.8) is 0 Å². The van der Waals surface area contributed by atoms with Gasteiger partial charge in [-0.05, 0) is 37.6 Å². The standard InChI is InChI=1S/C20H17ClF3N3O2S2/c1-4-7-27-18(29)16-10(2)11(3)31-17(16)26-19(27)30-9-15(28)25-12-5-6-14(21)13(8-12)20(22,23)24/h4-6,8H,1,7,9H2,2-3H3,(H,25,28). The number of anilines is 1. The fourth-order valence-electron chi connectivity index (χ4n) is 2.86. The number of halogens is 4. The van der Waals surface area contributed by atoms with Gasteiger partial charge in [-0.1, -0.05) is 29.4 Å². The highest BCUT2D eigenvalue weighted by Crippen LogP contribution is 2.36. The Labute approximate surface area is 188 Å². The Morgan fingerprint density at radius 1 is 1.39 bits per heavy atom. The van der Waals surface area contributed by atoms with Crippen molar-refractivity contribution >= 4 is 56.5 Å². The maximum absolute atomic E-state index is 13.0. The Hall–Kier alpha value is -2.30. The van der Waals surface area contributed by atoms with Crippen LogP contribution in [0.15, 0.2) is 40.8 Å². The van der Waals surface area contributed by atoms with Gasteiger partial charge >= 0.3 is 6.18 Å². The predicted molar refractivity (Wildman–Crippen MR) is 119 cm³/mol. The van der Waals surface area contributed by atoms with Crippen molar-refractivity contribution in [2.24, 2.45) is 0 Å². The van der Waals surface area contributed by atoms with Crippen molar-refractivity contribution in [1.82, 2.24) is 9.55 Å². The summed E-state index contributed by atoms with van der Waals surface area (Å²) in [5.74, 6) is -0.693. The van der Waals surface area contributed by atoms with Crippen molar-refractivity contribution < 1.29 is 18.0 Å². The fourth-order valence-corrected chi connectivity index (χ4v) is 4.96. The van der Waals surface area contributed by atoms with Gasteiger partial charge in [-0.2, -0.15) is 13.2 Å². The molecule has 0 fully saturated rings. The first-order chi connectivity index (χ1) is 14.5. The van der Waals surface area contributed by atoms with Crippen LogP contribution in [0, 0.1) is 13.8 Å². The maximum Gasteiger partial charge on any atom is 0.417 e. The van der Waals surface area contributed by atoms with E-state index in [1.54, 1.807) is 6.08 Å². The highest BCUT2D eigenvalue weighted by Gasteiger charge is 2.33. The van der Waals surface area contributed by atoms with E-state index in [0.717, 1.165) is 34.3 Å². The number of hydrogen-bond acceptors (Lipinski definition) is 5. The Bertz CT molecular complexity index is 1240. The molecule has 3 rings (SSSR count). The molecule has 164 valence electrons. The second-order valence-corrected chi connectivity index (χ2v) is 9.14. The van der Waals surface area contributed by atoms with Crippen LogP contribution >= 0.6 is 34.7 Å². The highest BCUT2D eigenvalue weighted by atomic mass is 35.5. The number of rotatable bonds is 6. The quantitative estimate of drug-likeness (QED) is 0.277. The summed E-state index contributed by atoms with van der Waals surface area (Å²) in [6.45, 7) is 7.63. The van der Waals surface area contributed by atoms with Crippen LogP contribution in [0.1, 0.15) is 16.0 Å². The molecular weight excluding hydrogens is 471 g/mol. The van der Waals surface area contributed by atoms with Crippen LogP contribution in [-0.2, 0) is 17.5 Å². The Kier molecular flexibility index (Phi) is 6.82. The first-order valence-electron chi connectivity index (χ1n) is 8.93. The van der Waals surface area contributed by atoms with Crippen molar-refractivity contribution in [2.45, 2.75) is 31.7 Å². The van der Waals surface area contributed by atoms with Gasteiger partial charge in [0, 0.05) is 17.1 Å². The van der Waals surface area contributed by atoms with E-state index in [4.69, 9.17) is 11.6 Å². The number of fused-ring (bicyclic) bond motifs is 1. The van der Waals surface area contributed by atoms with Gasteiger partial charge in [0.25, 0.3) is 5.56 Å². The molecule has 0 aliphatic rings. The number of carbonyl (C=O) groups is 1. The van der Waals surface area contributed by atoms with E-state index in [1.807, 2.05) is 13.8 Å². The molecule has 0 unspecified atom stereocenters. The summed E-state index contributed by atoms with van der Waals surface area (Å²) in [5.41, 5.74) is -0.413. The number of hydrogen-bond donors (Lipinski definition) is 1. The third-order valence-corrected chi connectivity index (χ3v) is 6.86. The van der Waals surface area contributed by atoms with E-state index >= 15 is 0 Å². The lowest BCUT2D eigenvalue weighted by molar-refractivity contribution is -0.137. The third kappa shape index (κ3) is 4.97. The molecule has 0 spiro atoms. The summed E-state index contributed by atoms with van der Waals surface area (Å²) >= 11 is 8.01. The number of carbonyl (C=O) groups excluding carboxylic acids is 1. The molecule has 2 heterocycles. The van der Waals surface area contributed by atoms with E-state index in [2.05, 4.69) is 16.9 Å². The second-order valence-electron chi connectivity index (χ2n) is 6.59. The number of benzene rings is 1. The van der Waals surface area contributed by atoms with E-state index in [1.165, 1.54) is 22.0 Å². The van der Waals surface area contributed by atoms with Gasteiger partial charge in [-0.3, -0.25) is 14.2 Å². The maximum atomic E-state index is 13.0. The van der Waals surface area contributed by atoms with Crippen LogP contribution in [-0.4, -0.2) is 21.2 Å². The first-order valence-corrected chi connectivity index (χ1v) is 11.1. The number of thioether (sulfide) groups is 1. The number of aromatic nitrogens is 2. The Morgan fingerprint density at radius 3 is 2.74 bits per heavy atom. The van der Waals surface area contributed by atoms with E-state index in [0.29, 0.717) is 15.4 Å². The number of amides is 1. The lowest BCUT2D eigenvalue weighted by Crippen LogP contribution is -2.23. The minimum absolute atomic E-state index is 0.0290. The molecule has 3 aromatic rings. The smallest absolute Gasteiger partial charge is 0.325 e. The number of nitrogens with zero attached hydrogens (tertiary/aromatic N) is 2. The molecule has 5 nitrogen and oxygen atoms in total. The Balaban J connectivity index is 1.82.